The Hall–Kier alpha value is -2.19. The molecule has 0 spiro atoms. The molecule has 0 radical (unpaired) electrons. The van der Waals surface area contributed by atoms with Crippen LogP contribution >= 0.6 is 0 Å². The van der Waals surface area contributed by atoms with Gasteiger partial charge in [-0.05, 0) is 12.5 Å². The number of anilines is 1. The van der Waals surface area contributed by atoms with Crippen LogP contribution in [0.2, 0.25) is 0 Å². The summed E-state index contributed by atoms with van der Waals surface area (Å²) in [5.41, 5.74) is 0.240. The lowest BCUT2D eigenvalue weighted by molar-refractivity contribution is -0.384. The number of benzene rings is 1. The first-order valence-corrected chi connectivity index (χ1v) is 6.83. The Balaban J connectivity index is 2.43. The SMILES string of the molecule is CCC1Oc2ccc([N+](=O)[O-])cc2N(CC(OC)OC)C1=O. The topological polar surface area (TPSA) is 91.1 Å². The van der Waals surface area contributed by atoms with Crippen molar-refractivity contribution in [1.82, 2.24) is 0 Å². The monoisotopic (exact) mass is 310 g/mol. The smallest absolute Gasteiger partial charge is 0.271 e. The summed E-state index contributed by atoms with van der Waals surface area (Å²) in [5.74, 6) is 0.164. The van der Waals surface area contributed by atoms with Gasteiger partial charge < -0.3 is 19.1 Å². The first-order valence-electron chi connectivity index (χ1n) is 6.83. The van der Waals surface area contributed by atoms with E-state index in [4.69, 9.17) is 14.2 Å². The summed E-state index contributed by atoms with van der Waals surface area (Å²) < 4.78 is 15.9. The van der Waals surface area contributed by atoms with Crippen LogP contribution in [0.1, 0.15) is 13.3 Å². The van der Waals surface area contributed by atoms with E-state index in [0.29, 0.717) is 17.9 Å². The first kappa shape index (κ1) is 16.2. The van der Waals surface area contributed by atoms with Crippen molar-refractivity contribution in [3.05, 3.63) is 28.3 Å². The molecular formula is C14H18N2O6. The van der Waals surface area contributed by atoms with Crippen molar-refractivity contribution in [1.29, 1.82) is 0 Å². The van der Waals surface area contributed by atoms with Gasteiger partial charge in [0.2, 0.25) is 0 Å². The van der Waals surface area contributed by atoms with Gasteiger partial charge in [0.15, 0.2) is 12.4 Å². The fourth-order valence-corrected chi connectivity index (χ4v) is 2.27. The minimum Gasteiger partial charge on any atom is -0.478 e. The molecule has 1 heterocycles. The van der Waals surface area contributed by atoms with Gasteiger partial charge in [-0.25, -0.2) is 0 Å². The molecule has 1 unspecified atom stereocenters. The van der Waals surface area contributed by atoms with E-state index in [1.165, 1.54) is 37.3 Å². The third-order valence-corrected chi connectivity index (χ3v) is 3.48. The molecule has 22 heavy (non-hydrogen) atoms. The third-order valence-electron chi connectivity index (χ3n) is 3.48. The van der Waals surface area contributed by atoms with Crippen LogP contribution in [-0.4, -0.2) is 44.0 Å². The number of carbonyl (C=O) groups is 1. The lowest BCUT2D eigenvalue weighted by Crippen LogP contribution is -2.49. The number of amides is 1. The zero-order valence-corrected chi connectivity index (χ0v) is 12.6. The van der Waals surface area contributed by atoms with E-state index in [2.05, 4.69) is 0 Å². The summed E-state index contributed by atoms with van der Waals surface area (Å²) in [6, 6.07) is 4.18. The van der Waals surface area contributed by atoms with Crippen LogP contribution < -0.4 is 9.64 Å². The van der Waals surface area contributed by atoms with E-state index in [9.17, 15) is 14.9 Å². The van der Waals surface area contributed by atoms with Crippen LogP contribution in [0.15, 0.2) is 18.2 Å². The average Bonchev–Trinajstić information content (AvgIpc) is 2.53. The number of non-ortho nitro benzene ring substituents is 1. The van der Waals surface area contributed by atoms with Crippen molar-refractivity contribution in [2.75, 3.05) is 25.7 Å². The second kappa shape index (κ2) is 6.71. The quantitative estimate of drug-likeness (QED) is 0.451. The number of hydrogen-bond donors (Lipinski definition) is 0. The van der Waals surface area contributed by atoms with Gasteiger partial charge in [-0.3, -0.25) is 14.9 Å². The molecule has 1 atom stereocenters. The number of nitro benzene ring substituents is 1. The standard InChI is InChI=1S/C14H18N2O6/c1-4-11-14(17)15(8-13(20-2)21-3)10-7-9(16(18)19)5-6-12(10)22-11/h5-7,11,13H,4,8H2,1-3H3. The molecule has 1 amide bonds. The maximum atomic E-state index is 12.5. The minimum atomic E-state index is -0.633. The third kappa shape index (κ3) is 3.02. The van der Waals surface area contributed by atoms with Crippen LogP contribution in [0.4, 0.5) is 11.4 Å². The lowest BCUT2D eigenvalue weighted by Gasteiger charge is -2.35. The fraction of sp³-hybridized carbons (Fsp3) is 0.500. The number of ether oxygens (including phenoxy) is 3. The second-order valence-electron chi connectivity index (χ2n) is 4.77. The molecule has 1 aliphatic rings. The summed E-state index contributed by atoms with van der Waals surface area (Å²) in [7, 11) is 2.93. The number of rotatable bonds is 6. The Morgan fingerprint density at radius 3 is 2.64 bits per heavy atom. The molecule has 1 aromatic rings. The van der Waals surface area contributed by atoms with Crippen LogP contribution in [0.3, 0.4) is 0 Å². The summed E-state index contributed by atoms with van der Waals surface area (Å²) in [6.07, 6.45) is -0.758. The number of hydrogen-bond acceptors (Lipinski definition) is 6. The Morgan fingerprint density at radius 2 is 2.09 bits per heavy atom. The molecule has 0 saturated carbocycles. The molecule has 0 aliphatic carbocycles. The molecular weight excluding hydrogens is 292 g/mol. The molecule has 0 fully saturated rings. The molecule has 120 valence electrons. The highest BCUT2D eigenvalue weighted by atomic mass is 16.7. The molecule has 0 saturated heterocycles. The van der Waals surface area contributed by atoms with E-state index in [1.54, 1.807) is 0 Å². The summed E-state index contributed by atoms with van der Waals surface area (Å²) >= 11 is 0. The highest BCUT2D eigenvalue weighted by Crippen LogP contribution is 2.37. The van der Waals surface area contributed by atoms with Gasteiger partial charge in [-0.15, -0.1) is 0 Å². The van der Waals surface area contributed by atoms with Crippen LogP contribution in [-0.2, 0) is 14.3 Å². The van der Waals surface area contributed by atoms with Gasteiger partial charge in [-0.2, -0.15) is 0 Å². The molecule has 8 heteroatoms. The molecule has 0 aromatic heterocycles. The first-order chi connectivity index (χ1) is 10.5. The van der Waals surface area contributed by atoms with Crippen molar-refractivity contribution in [2.45, 2.75) is 25.7 Å². The molecule has 1 aliphatic heterocycles. The van der Waals surface area contributed by atoms with E-state index in [1.807, 2.05) is 6.92 Å². The van der Waals surface area contributed by atoms with E-state index < -0.39 is 17.3 Å². The fourth-order valence-electron chi connectivity index (χ4n) is 2.27. The number of methoxy groups -OCH3 is 2. The zero-order chi connectivity index (χ0) is 16.3. The van der Waals surface area contributed by atoms with Crippen LogP contribution in [0.5, 0.6) is 5.75 Å². The molecule has 2 rings (SSSR count). The Bertz CT molecular complexity index is 572. The average molecular weight is 310 g/mol. The predicted molar refractivity (Wildman–Crippen MR) is 78.0 cm³/mol. The van der Waals surface area contributed by atoms with E-state index in [-0.39, 0.29) is 18.1 Å². The second-order valence-corrected chi connectivity index (χ2v) is 4.77. The van der Waals surface area contributed by atoms with Gasteiger partial charge in [-0.1, -0.05) is 6.92 Å². The van der Waals surface area contributed by atoms with E-state index in [0.717, 1.165) is 0 Å². The van der Waals surface area contributed by atoms with Crippen molar-refractivity contribution >= 4 is 17.3 Å². The van der Waals surface area contributed by atoms with Crippen LogP contribution in [0, 0.1) is 10.1 Å². The Morgan fingerprint density at radius 1 is 1.41 bits per heavy atom. The number of carbonyl (C=O) groups excluding carboxylic acids is 1. The molecule has 0 bridgehead atoms. The normalized spacial score (nSPS) is 17.4. The highest BCUT2D eigenvalue weighted by Gasteiger charge is 2.35. The number of nitrogens with zero attached hydrogens (tertiary/aromatic N) is 2. The van der Waals surface area contributed by atoms with Crippen molar-refractivity contribution in [2.24, 2.45) is 0 Å². The van der Waals surface area contributed by atoms with Gasteiger partial charge in [0, 0.05) is 26.4 Å². The van der Waals surface area contributed by atoms with Crippen LogP contribution in [0.25, 0.3) is 0 Å². The van der Waals surface area contributed by atoms with Gasteiger partial charge in [0.25, 0.3) is 11.6 Å². The summed E-state index contributed by atoms with van der Waals surface area (Å²) in [4.78, 5) is 24.3. The molecule has 8 nitrogen and oxygen atoms in total. The van der Waals surface area contributed by atoms with Gasteiger partial charge >= 0.3 is 0 Å². The maximum absolute atomic E-state index is 12.5. The molecule has 1 aromatic carbocycles. The summed E-state index contributed by atoms with van der Waals surface area (Å²) in [5, 5.41) is 10.9. The summed E-state index contributed by atoms with van der Waals surface area (Å²) in [6.45, 7) is 1.96. The number of nitro groups is 1. The van der Waals surface area contributed by atoms with Crippen molar-refractivity contribution in [3.63, 3.8) is 0 Å². The van der Waals surface area contributed by atoms with Crippen molar-refractivity contribution < 1.29 is 23.9 Å². The lowest BCUT2D eigenvalue weighted by atomic mass is 10.1. The predicted octanol–water partition coefficient (Wildman–Crippen LogP) is 1.72. The Kier molecular flexibility index (Phi) is 4.94. The minimum absolute atomic E-state index is 0.110. The zero-order valence-electron chi connectivity index (χ0n) is 12.6. The van der Waals surface area contributed by atoms with Gasteiger partial charge in [0.05, 0.1) is 17.2 Å². The van der Waals surface area contributed by atoms with E-state index >= 15 is 0 Å². The van der Waals surface area contributed by atoms with Crippen molar-refractivity contribution in [3.8, 4) is 5.75 Å². The van der Waals surface area contributed by atoms with Gasteiger partial charge in [0.1, 0.15) is 5.75 Å². The maximum Gasteiger partial charge on any atom is 0.271 e. The highest BCUT2D eigenvalue weighted by molar-refractivity contribution is 6.00. The molecule has 0 N–H and O–H groups in total. The largest absolute Gasteiger partial charge is 0.478 e. The number of fused-ring (bicyclic) bond motifs is 1. The Labute approximate surface area is 127 Å².